The Morgan fingerprint density at radius 1 is 0.431 bits per heavy atom. The molecular weight excluding hydrogens is 721 g/mol. The third-order valence-electron chi connectivity index (χ3n) is 10.7. The van der Waals surface area contributed by atoms with E-state index in [9.17, 15) is 0 Å². The second kappa shape index (κ2) is 25.1. The van der Waals surface area contributed by atoms with E-state index in [0.29, 0.717) is 13.2 Å². The van der Waals surface area contributed by atoms with Crippen molar-refractivity contribution in [3.8, 4) is 23.0 Å². The van der Waals surface area contributed by atoms with Gasteiger partial charge in [-0.05, 0) is 97.0 Å². The van der Waals surface area contributed by atoms with Gasteiger partial charge in [0.05, 0.1) is 25.9 Å². The maximum atomic E-state index is 6.20. The lowest BCUT2D eigenvalue weighted by Crippen LogP contribution is -2.11. The molecule has 2 saturated heterocycles. The van der Waals surface area contributed by atoms with Gasteiger partial charge in [-0.15, -0.1) is 0 Å². The van der Waals surface area contributed by atoms with Crippen molar-refractivity contribution in [3.05, 3.63) is 119 Å². The van der Waals surface area contributed by atoms with Gasteiger partial charge in [0, 0.05) is 0 Å². The number of epoxide rings is 2. The molecule has 4 aromatic rings. The minimum absolute atomic E-state index is 0.240. The zero-order valence-electron chi connectivity index (χ0n) is 34.9. The Kier molecular flexibility index (Phi) is 18.6. The summed E-state index contributed by atoms with van der Waals surface area (Å²) in [6.07, 6.45) is 29.0. The van der Waals surface area contributed by atoms with Crippen LogP contribution in [0, 0.1) is 0 Å². The van der Waals surface area contributed by atoms with Gasteiger partial charge < -0.3 is 28.4 Å². The Balaban J connectivity index is 0.682. The number of hydrogen-bond acceptors (Lipinski definition) is 6. The Morgan fingerprint density at radius 3 is 1.10 bits per heavy atom. The van der Waals surface area contributed by atoms with E-state index in [1.165, 1.54) is 83.5 Å². The van der Waals surface area contributed by atoms with Crippen LogP contribution in [0.5, 0.6) is 23.0 Å². The Morgan fingerprint density at radius 2 is 0.741 bits per heavy atom. The molecule has 310 valence electrons. The van der Waals surface area contributed by atoms with Gasteiger partial charge in [0.25, 0.3) is 0 Å². The number of unbranched alkanes of at least 4 members (excludes halogenated alkanes) is 13. The van der Waals surface area contributed by atoms with Gasteiger partial charge in [-0.2, -0.15) is 0 Å². The van der Waals surface area contributed by atoms with Gasteiger partial charge in [0.2, 0.25) is 0 Å². The van der Waals surface area contributed by atoms with Crippen LogP contribution in [-0.2, 0) is 9.47 Å². The summed E-state index contributed by atoms with van der Waals surface area (Å²) in [4.78, 5) is 0. The molecule has 3 atom stereocenters. The molecule has 0 radical (unpaired) electrons. The highest BCUT2D eigenvalue weighted by Crippen LogP contribution is 2.22. The fraction of sp³-hybridized carbons (Fsp3) is 0.462. The van der Waals surface area contributed by atoms with Gasteiger partial charge in [0.15, 0.2) is 0 Å². The fourth-order valence-corrected chi connectivity index (χ4v) is 6.91. The van der Waals surface area contributed by atoms with Crippen LogP contribution in [0.15, 0.2) is 97.1 Å². The molecule has 0 saturated carbocycles. The Bertz CT molecular complexity index is 1740. The fourth-order valence-electron chi connectivity index (χ4n) is 6.91. The minimum Gasteiger partial charge on any atom is -0.494 e. The molecule has 0 aliphatic carbocycles. The van der Waals surface area contributed by atoms with E-state index >= 15 is 0 Å². The molecule has 58 heavy (non-hydrogen) atoms. The Labute approximate surface area is 348 Å². The smallest absolute Gasteiger partial charge is 0.119 e. The van der Waals surface area contributed by atoms with Crippen LogP contribution in [-0.4, -0.2) is 51.3 Å². The molecular formula is C52H66O6. The highest BCUT2D eigenvalue weighted by molar-refractivity contribution is 5.71. The van der Waals surface area contributed by atoms with Gasteiger partial charge in [0.1, 0.15) is 48.4 Å². The summed E-state index contributed by atoms with van der Waals surface area (Å²) in [6.45, 7) is 5.89. The highest BCUT2D eigenvalue weighted by Gasteiger charge is 2.23. The van der Waals surface area contributed by atoms with Crippen molar-refractivity contribution in [2.24, 2.45) is 0 Å². The van der Waals surface area contributed by atoms with E-state index in [2.05, 4.69) is 104 Å². The Hall–Kier alpha value is -4.52. The summed E-state index contributed by atoms with van der Waals surface area (Å²) >= 11 is 0. The topological polar surface area (TPSA) is 62.0 Å². The number of rotatable bonds is 30. The molecule has 0 bridgehead atoms. The summed E-state index contributed by atoms with van der Waals surface area (Å²) < 4.78 is 34.0. The molecule has 6 rings (SSSR count). The van der Waals surface area contributed by atoms with E-state index < -0.39 is 0 Å². The second-order valence-electron chi connectivity index (χ2n) is 16.0. The van der Waals surface area contributed by atoms with E-state index in [1.54, 1.807) is 0 Å². The molecule has 0 spiro atoms. The summed E-state index contributed by atoms with van der Waals surface area (Å²) in [7, 11) is 0. The van der Waals surface area contributed by atoms with E-state index in [0.717, 1.165) is 77.9 Å². The number of benzene rings is 4. The average Bonchev–Trinajstić information content (AvgIpc) is 4.20. The lowest BCUT2D eigenvalue weighted by atomic mass is 10.0. The maximum Gasteiger partial charge on any atom is 0.119 e. The SMILES string of the molecule is CC(CCCCCCCCCCCCCCCCOc1ccc(C=Cc2ccc(OCC3CO3)cc2)cc1)Oc1ccc(C=Cc2ccc(OCC3CO3)cc2)cc1. The van der Waals surface area contributed by atoms with Crippen molar-refractivity contribution in [1.29, 1.82) is 0 Å². The summed E-state index contributed by atoms with van der Waals surface area (Å²) in [5.74, 6) is 3.67. The van der Waals surface area contributed by atoms with Gasteiger partial charge in [-0.1, -0.05) is 150 Å². The first-order valence-corrected chi connectivity index (χ1v) is 22.2. The number of ether oxygens (including phenoxy) is 6. The lowest BCUT2D eigenvalue weighted by Gasteiger charge is -2.14. The zero-order chi connectivity index (χ0) is 39.9. The molecule has 2 aliphatic heterocycles. The normalized spacial score (nSPS) is 16.4. The third-order valence-corrected chi connectivity index (χ3v) is 10.7. The van der Waals surface area contributed by atoms with E-state index in [-0.39, 0.29) is 18.3 Å². The molecule has 0 aromatic heterocycles. The molecule has 6 nitrogen and oxygen atoms in total. The molecule has 2 aliphatic rings. The first-order chi connectivity index (χ1) is 28.6. The predicted molar refractivity (Wildman–Crippen MR) is 239 cm³/mol. The summed E-state index contributed by atoms with van der Waals surface area (Å²) in [5.41, 5.74) is 4.62. The zero-order valence-corrected chi connectivity index (χ0v) is 34.9. The van der Waals surface area contributed by atoms with E-state index in [4.69, 9.17) is 28.4 Å². The predicted octanol–water partition coefficient (Wildman–Crippen LogP) is 13.3. The van der Waals surface area contributed by atoms with Crippen molar-refractivity contribution < 1.29 is 28.4 Å². The van der Waals surface area contributed by atoms with Crippen LogP contribution >= 0.6 is 0 Å². The molecule has 4 aromatic carbocycles. The molecule has 2 fully saturated rings. The van der Waals surface area contributed by atoms with Gasteiger partial charge in [-0.3, -0.25) is 0 Å². The maximum absolute atomic E-state index is 6.20. The first kappa shape index (κ1) is 43.1. The first-order valence-electron chi connectivity index (χ1n) is 22.2. The van der Waals surface area contributed by atoms with Crippen LogP contribution in [0.2, 0.25) is 0 Å². The average molecular weight is 787 g/mol. The quantitative estimate of drug-likeness (QED) is 0.0298. The third kappa shape index (κ3) is 18.0. The standard InChI is InChI=1S/C52H66O6/c1-42(58-50-35-27-46(28-36-50)20-19-45-25-33-49(34-26-45)55-39-52-41-57-52)16-14-12-10-8-6-4-2-3-5-7-9-11-13-15-37-53-47-29-21-43(22-30-47)17-18-44-23-31-48(32-24-44)54-38-51-40-56-51/h17-36,42,51-52H,2-16,37-41H2,1H3. The summed E-state index contributed by atoms with van der Waals surface area (Å²) in [6, 6.07) is 33.1. The minimum atomic E-state index is 0.240. The lowest BCUT2D eigenvalue weighted by molar-refractivity contribution is 0.206. The van der Waals surface area contributed by atoms with Crippen molar-refractivity contribution >= 4 is 24.3 Å². The second-order valence-corrected chi connectivity index (χ2v) is 16.0. The van der Waals surface area contributed by atoms with Crippen molar-refractivity contribution in [2.75, 3.05) is 33.0 Å². The molecule has 0 N–H and O–H groups in total. The van der Waals surface area contributed by atoms with Crippen LogP contribution in [0.25, 0.3) is 24.3 Å². The van der Waals surface area contributed by atoms with Crippen molar-refractivity contribution in [2.45, 2.75) is 122 Å². The largest absolute Gasteiger partial charge is 0.494 e. The van der Waals surface area contributed by atoms with Crippen LogP contribution < -0.4 is 18.9 Å². The van der Waals surface area contributed by atoms with Gasteiger partial charge in [-0.25, -0.2) is 0 Å². The van der Waals surface area contributed by atoms with Crippen LogP contribution in [0.3, 0.4) is 0 Å². The highest BCUT2D eigenvalue weighted by atomic mass is 16.6. The molecule has 2 heterocycles. The van der Waals surface area contributed by atoms with Crippen molar-refractivity contribution in [1.82, 2.24) is 0 Å². The summed E-state index contributed by atoms with van der Waals surface area (Å²) in [5, 5.41) is 0. The van der Waals surface area contributed by atoms with Crippen LogP contribution in [0.1, 0.15) is 125 Å². The molecule has 3 unspecified atom stereocenters. The monoisotopic (exact) mass is 786 g/mol. The van der Waals surface area contributed by atoms with Gasteiger partial charge >= 0.3 is 0 Å². The number of hydrogen-bond donors (Lipinski definition) is 0. The van der Waals surface area contributed by atoms with Crippen LogP contribution in [0.4, 0.5) is 0 Å². The van der Waals surface area contributed by atoms with E-state index in [1.807, 2.05) is 24.3 Å². The van der Waals surface area contributed by atoms with Crippen molar-refractivity contribution in [3.63, 3.8) is 0 Å². The molecule has 0 amide bonds. The molecule has 6 heteroatoms.